The lowest BCUT2D eigenvalue weighted by atomic mass is 9.79. The van der Waals surface area contributed by atoms with Gasteiger partial charge in [0.05, 0.1) is 6.07 Å². The molecule has 0 aliphatic heterocycles. The first kappa shape index (κ1) is 14.4. The van der Waals surface area contributed by atoms with E-state index in [4.69, 9.17) is 10.00 Å². The molecule has 0 aliphatic rings. The number of nitriles is 1. The fourth-order valence-electron chi connectivity index (χ4n) is 1.61. The van der Waals surface area contributed by atoms with E-state index in [1.807, 2.05) is 0 Å². The van der Waals surface area contributed by atoms with E-state index in [1.54, 1.807) is 0 Å². The van der Waals surface area contributed by atoms with Gasteiger partial charge >= 0.3 is 5.97 Å². The summed E-state index contributed by atoms with van der Waals surface area (Å²) in [5, 5.41) is 8.31. The van der Waals surface area contributed by atoms with Crippen molar-refractivity contribution >= 4 is 21.9 Å². The maximum absolute atomic E-state index is 10.9. The lowest BCUT2D eigenvalue weighted by Gasteiger charge is -2.35. The Hall–Kier alpha value is -0.560. The average Bonchev–Trinajstić information content (AvgIpc) is 2.19. The molecule has 0 aromatic carbocycles. The first-order valence-corrected chi connectivity index (χ1v) is 6.12. The zero-order valence-electron chi connectivity index (χ0n) is 9.55. The second kappa shape index (κ2) is 6.84. The molecular formula is C11H18BrNO2. The van der Waals surface area contributed by atoms with E-state index in [2.05, 4.69) is 35.8 Å². The van der Waals surface area contributed by atoms with Gasteiger partial charge in [0.25, 0.3) is 0 Å². The van der Waals surface area contributed by atoms with Crippen LogP contribution in [-0.4, -0.2) is 11.0 Å². The van der Waals surface area contributed by atoms with Gasteiger partial charge in [-0.2, -0.15) is 5.26 Å². The molecule has 0 aliphatic carbocycles. The Morgan fingerprint density at radius 3 is 2.40 bits per heavy atom. The minimum absolute atomic E-state index is 0.124. The van der Waals surface area contributed by atoms with E-state index < -0.39 is 0 Å². The zero-order chi connectivity index (χ0) is 11.9. The second-order valence-corrected chi connectivity index (χ2v) is 4.48. The van der Waals surface area contributed by atoms with Crippen LogP contribution in [0.5, 0.6) is 0 Å². The smallest absolute Gasteiger partial charge is 0.303 e. The van der Waals surface area contributed by atoms with Crippen LogP contribution >= 0.6 is 15.9 Å². The number of nitrogens with zero attached hydrogens (tertiary/aromatic N) is 1. The zero-order valence-corrected chi connectivity index (χ0v) is 11.1. The summed E-state index contributed by atoms with van der Waals surface area (Å²) in [6, 6.07) is 2.14. The fourth-order valence-corrected chi connectivity index (χ4v) is 2.75. The second-order valence-electron chi connectivity index (χ2n) is 3.65. The van der Waals surface area contributed by atoms with Crippen LogP contribution < -0.4 is 0 Å². The SMILES string of the molecule is CCC(CC)(CCC#N)C(Br)OC(C)=O. The van der Waals surface area contributed by atoms with Gasteiger partial charge in [0.1, 0.15) is 0 Å². The van der Waals surface area contributed by atoms with Crippen molar-refractivity contribution in [1.29, 1.82) is 5.26 Å². The Kier molecular flexibility index (Phi) is 6.58. The normalized spacial score (nSPS) is 13.0. The molecule has 0 saturated carbocycles. The van der Waals surface area contributed by atoms with Gasteiger partial charge < -0.3 is 4.74 Å². The molecule has 86 valence electrons. The molecule has 0 fully saturated rings. The maximum atomic E-state index is 10.9. The lowest BCUT2D eigenvalue weighted by molar-refractivity contribution is -0.147. The highest BCUT2D eigenvalue weighted by molar-refractivity contribution is 9.09. The molecule has 0 rings (SSSR count). The molecular weight excluding hydrogens is 258 g/mol. The van der Waals surface area contributed by atoms with E-state index in [1.165, 1.54) is 6.92 Å². The monoisotopic (exact) mass is 275 g/mol. The largest absolute Gasteiger partial charge is 0.450 e. The molecule has 0 aromatic rings. The highest BCUT2D eigenvalue weighted by Crippen LogP contribution is 2.40. The molecule has 4 heteroatoms. The molecule has 0 heterocycles. The van der Waals surface area contributed by atoms with Crippen molar-refractivity contribution in [3.05, 3.63) is 0 Å². The standard InChI is InChI=1S/C11H18BrNO2/c1-4-11(5-2,7-6-8-13)10(12)15-9(3)14/h10H,4-7H2,1-3H3. The van der Waals surface area contributed by atoms with Crippen LogP contribution in [0.3, 0.4) is 0 Å². The number of hydrogen-bond acceptors (Lipinski definition) is 3. The molecule has 0 saturated heterocycles. The van der Waals surface area contributed by atoms with Crippen LogP contribution in [0.15, 0.2) is 0 Å². The van der Waals surface area contributed by atoms with Crippen molar-refractivity contribution in [3.8, 4) is 6.07 Å². The van der Waals surface area contributed by atoms with Gasteiger partial charge in [-0.05, 0) is 35.2 Å². The average molecular weight is 276 g/mol. The summed E-state index contributed by atoms with van der Waals surface area (Å²) in [5.74, 6) is -0.292. The molecule has 0 spiro atoms. The van der Waals surface area contributed by atoms with Gasteiger partial charge in [0.15, 0.2) is 5.01 Å². The van der Waals surface area contributed by atoms with Crippen molar-refractivity contribution < 1.29 is 9.53 Å². The number of carbonyl (C=O) groups is 1. The number of halogens is 1. The fraction of sp³-hybridized carbons (Fsp3) is 0.818. The van der Waals surface area contributed by atoms with Gasteiger partial charge in [0.2, 0.25) is 0 Å². The minimum atomic E-state index is -0.300. The number of alkyl halides is 1. The number of esters is 1. The lowest BCUT2D eigenvalue weighted by Crippen LogP contribution is -2.33. The van der Waals surface area contributed by atoms with Gasteiger partial charge in [-0.3, -0.25) is 4.79 Å². The van der Waals surface area contributed by atoms with E-state index >= 15 is 0 Å². The Morgan fingerprint density at radius 1 is 1.53 bits per heavy atom. The van der Waals surface area contributed by atoms with Crippen molar-refractivity contribution in [2.75, 3.05) is 0 Å². The molecule has 1 atom stereocenters. The summed E-state index contributed by atoms with van der Waals surface area (Å²) in [5.41, 5.74) is -0.124. The molecule has 1 unspecified atom stereocenters. The van der Waals surface area contributed by atoms with Crippen LogP contribution in [0.25, 0.3) is 0 Å². The Morgan fingerprint density at radius 2 is 2.07 bits per heavy atom. The first-order valence-electron chi connectivity index (χ1n) is 5.20. The van der Waals surface area contributed by atoms with Gasteiger partial charge in [-0.25, -0.2) is 0 Å². The van der Waals surface area contributed by atoms with E-state index in [9.17, 15) is 4.79 Å². The van der Waals surface area contributed by atoms with Crippen molar-refractivity contribution in [1.82, 2.24) is 0 Å². The van der Waals surface area contributed by atoms with Gasteiger partial charge in [-0.1, -0.05) is 13.8 Å². The third kappa shape index (κ3) is 4.21. The third-order valence-corrected chi connectivity index (χ3v) is 4.05. The summed E-state index contributed by atoms with van der Waals surface area (Å²) in [7, 11) is 0. The maximum Gasteiger partial charge on any atom is 0.303 e. The molecule has 0 bridgehead atoms. The molecule has 3 nitrogen and oxygen atoms in total. The Labute approximate surface area is 99.9 Å². The van der Waals surface area contributed by atoms with Crippen LogP contribution in [0.4, 0.5) is 0 Å². The van der Waals surface area contributed by atoms with E-state index in [0.717, 1.165) is 19.3 Å². The van der Waals surface area contributed by atoms with Crippen LogP contribution in [0.2, 0.25) is 0 Å². The number of hydrogen-bond donors (Lipinski definition) is 0. The van der Waals surface area contributed by atoms with Gasteiger partial charge in [-0.15, -0.1) is 0 Å². The quantitative estimate of drug-likeness (QED) is 0.552. The topological polar surface area (TPSA) is 50.1 Å². The van der Waals surface area contributed by atoms with Crippen molar-refractivity contribution in [3.63, 3.8) is 0 Å². The minimum Gasteiger partial charge on any atom is -0.450 e. The summed E-state index contributed by atoms with van der Waals surface area (Å²) in [6.45, 7) is 5.51. The van der Waals surface area contributed by atoms with Gasteiger partial charge in [0, 0.05) is 18.8 Å². The van der Waals surface area contributed by atoms with Crippen molar-refractivity contribution in [2.45, 2.75) is 51.5 Å². The Balaban J connectivity index is 4.60. The predicted molar refractivity (Wildman–Crippen MR) is 62.3 cm³/mol. The summed E-state index contributed by atoms with van der Waals surface area (Å²) >= 11 is 3.40. The molecule has 0 radical (unpaired) electrons. The third-order valence-electron chi connectivity index (χ3n) is 2.89. The molecule has 15 heavy (non-hydrogen) atoms. The summed E-state index contributed by atoms with van der Waals surface area (Å²) in [4.78, 5) is 10.9. The first-order chi connectivity index (χ1) is 7.02. The van der Waals surface area contributed by atoms with Crippen molar-refractivity contribution in [2.24, 2.45) is 5.41 Å². The number of carbonyl (C=O) groups excluding carboxylic acids is 1. The van der Waals surface area contributed by atoms with Crippen LogP contribution in [0, 0.1) is 16.7 Å². The summed E-state index contributed by atoms with van der Waals surface area (Å²) in [6.07, 6.45) is 3.01. The molecule has 0 aromatic heterocycles. The predicted octanol–water partition coefficient (Wildman–Crippen LogP) is 3.38. The molecule has 0 amide bonds. The van der Waals surface area contributed by atoms with E-state index in [-0.39, 0.29) is 16.4 Å². The van der Waals surface area contributed by atoms with E-state index in [0.29, 0.717) is 6.42 Å². The highest BCUT2D eigenvalue weighted by atomic mass is 79.9. The number of rotatable bonds is 6. The van der Waals surface area contributed by atoms with Crippen LogP contribution in [-0.2, 0) is 9.53 Å². The number of ether oxygens (including phenoxy) is 1. The summed E-state index contributed by atoms with van der Waals surface area (Å²) < 4.78 is 5.16. The molecule has 0 N–H and O–H groups in total. The highest BCUT2D eigenvalue weighted by Gasteiger charge is 2.35. The Bertz CT molecular complexity index is 243. The van der Waals surface area contributed by atoms with Crippen LogP contribution in [0.1, 0.15) is 46.5 Å².